The lowest BCUT2D eigenvalue weighted by Crippen LogP contribution is -2.27. The van der Waals surface area contributed by atoms with Crippen LogP contribution in [0.25, 0.3) is 0 Å². The number of halogens is 1. The molecule has 2 aromatic carbocycles. The second-order valence-electron chi connectivity index (χ2n) is 6.41. The number of likely N-dealkylation sites (N-methyl/N-ethyl adjacent to an activating group) is 1. The van der Waals surface area contributed by atoms with Crippen LogP contribution in [0.4, 0.5) is 5.69 Å². The molecule has 0 aliphatic carbocycles. The van der Waals surface area contributed by atoms with Crippen LogP contribution >= 0.6 is 11.6 Å². The normalized spacial score (nSPS) is 12.6. The molecule has 27 heavy (non-hydrogen) atoms. The molecule has 1 aliphatic rings. The van der Waals surface area contributed by atoms with E-state index in [1.54, 1.807) is 18.9 Å². The van der Waals surface area contributed by atoms with Gasteiger partial charge >= 0.3 is 0 Å². The number of phenolic OH excluding ortho intramolecular Hbond substituents is 2. The Labute approximate surface area is 161 Å². The molecule has 7 heteroatoms. The van der Waals surface area contributed by atoms with Gasteiger partial charge in [-0.05, 0) is 30.2 Å². The summed E-state index contributed by atoms with van der Waals surface area (Å²) in [6.45, 7) is 5.70. The number of nitrogens with zero attached hydrogens (tertiary/aromatic N) is 2. The molecule has 0 radical (unpaired) electrons. The van der Waals surface area contributed by atoms with Crippen LogP contribution in [0.3, 0.4) is 0 Å². The molecular formula is C20H19ClN2O4. The third kappa shape index (κ3) is 3.13. The Balaban J connectivity index is 1.96. The minimum Gasteiger partial charge on any atom is -0.507 e. The maximum absolute atomic E-state index is 13.0. The highest BCUT2D eigenvalue weighted by atomic mass is 35.5. The highest BCUT2D eigenvalue weighted by Gasteiger charge is 2.30. The van der Waals surface area contributed by atoms with E-state index in [4.69, 9.17) is 11.6 Å². The lowest BCUT2D eigenvalue weighted by atomic mass is 10.1. The molecule has 3 rings (SSSR count). The molecule has 1 heterocycles. The summed E-state index contributed by atoms with van der Waals surface area (Å²) in [5.41, 5.74) is 2.87. The van der Waals surface area contributed by atoms with Gasteiger partial charge in [-0.2, -0.15) is 0 Å². The van der Waals surface area contributed by atoms with Gasteiger partial charge in [0.15, 0.2) is 0 Å². The Morgan fingerprint density at radius 3 is 2.63 bits per heavy atom. The van der Waals surface area contributed by atoms with E-state index in [0.717, 1.165) is 17.2 Å². The van der Waals surface area contributed by atoms with Crippen LogP contribution in [0.2, 0.25) is 5.02 Å². The number of aromatic hydroxyl groups is 2. The lowest BCUT2D eigenvalue weighted by Gasteiger charge is -2.20. The topological polar surface area (TPSA) is 81.1 Å². The smallest absolute Gasteiger partial charge is 0.258 e. The molecule has 6 nitrogen and oxygen atoms in total. The zero-order chi connectivity index (χ0) is 19.9. The molecule has 2 amide bonds. The maximum atomic E-state index is 13.0. The molecule has 0 atom stereocenters. The molecule has 2 aromatic rings. The van der Waals surface area contributed by atoms with Gasteiger partial charge in [0.2, 0.25) is 5.91 Å². The van der Waals surface area contributed by atoms with Crippen molar-refractivity contribution >= 4 is 29.1 Å². The Morgan fingerprint density at radius 2 is 1.96 bits per heavy atom. The van der Waals surface area contributed by atoms with Crippen molar-refractivity contribution in [2.24, 2.45) is 0 Å². The summed E-state index contributed by atoms with van der Waals surface area (Å²) in [5, 5.41) is 19.9. The van der Waals surface area contributed by atoms with E-state index >= 15 is 0 Å². The Hall–Kier alpha value is -2.99. The van der Waals surface area contributed by atoms with Crippen molar-refractivity contribution < 1.29 is 19.8 Å². The highest BCUT2D eigenvalue weighted by molar-refractivity contribution is 6.33. The van der Waals surface area contributed by atoms with Crippen molar-refractivity contribution in [2.75, 3.05) is 11.9 Å². The molecule has 2 N–H and O–H groups in total. The van der Waals surface area contributed by atoms with Gasteiger partial charge in [-0.25, -0.2) is 0 Å². The van der Waals surface area contributed by atoms with Crippen LogP contribution in [0.15, 0.2) is 36.9 Å². The molecule has 0 unspecified atom stereocenters. The van der Waals surface area contributed by atoms with Gasteiger partial charge in [0.25, 0.3) is 5.91 Å². The van der Waals surface area contributed by atoms with E-state index in [9.17, 15) is 19.8 Å². The average Bonchev–Trinajstić information content (AvgIpc) is 3.09. The number of anilines is 1. The Morgan fingerprint density at radius 1 is 1.26 bits per heavy atom. The largest absolute Gasteiger partial charge is 0.507 e. The molecule has 0 aromatic heterocycles. The SMILES string of the molecule is C=CC(=O)N(C)c1cccc2c1CN(C(=O)c1c(O)cc(O)c(Cl)c1C)C2. The zero-order valence-electron chi connectivity index (χ0n) is 15.0. The van der Waals surface area contributed by atoms with Crippen molar-refractivity contribution in [2.45, 2.75) is 20.0 Å². The second-order valence-corrected chi connectivity index (χ2v) is 6.78. The number of phenols is 2. The molecule has 1 aliphatic heterocycles. The quantitative estimate of drug-likeness (QED) is 0.792. The van der Waals surface area contributed by atoms with Gasteiger partial charge in [0.1, 0.15) is 11.5 Å². The highest BCUT2D eigenvalue weighted by Crippen LogP contribution is 2.38. The number of hydrogen-bond acceptors (Lipinski definition) is 4. The van der Waals surface area contributed by atoms with Crippen LogP contribution in [-0.2, 0) is 17.9 Å². The molecule has 0 spiro atoms. The molecule has 0 fully saturated rings. The van der Waals surface area contributed by atoms with Crippen LogP contribution in [0.5, 0.6) is 11.5 Å². The minimum atomic E-state index is -0.397. The van der Waals surface area contributed by atoms with Crippen molar-refractivity contribution in [3.8, 4) is 11.5 Å². The maximum Gasteiger partial charge on any atom is 0.258 e. The molecule has 0 bridgehead atoms. The van der Waals surface area contributed by atoms with Crippen LogP contribution in [0.1, 0.15) is 27.0 Å². The number of amides is 2. The minimum absolute atomic E-state index is 0.0323. The summed E-state index contributed by atoms with van der Waals surface area (Å²) < 4.78 is 0. The second kappa shape index (κ2) is 6.96. The van der Waals surface area contributed by atoms with Crippen molar-refractivity contribution in [1.29, 1.82) is 0 Å². The summed E-state index contributed by atoms with van der Waals surface area (Å²) in [6.07, 6.45) is 1.23. The van der Waals surface area contributed by atoms with Crippen molar-refractivity contribution in [3.05, 3.63) is 64.2 Å². The van der Waals surface area contributed by atoms with Crippen LogP contribution in [-0.4, -0.2) is 34.0 Å². The van der Waals surface area contributed by atoms with E-state index in [0.29, 0.717) is 17.8 Å². The third-order valence-electron chi connectivity index (χ3n) is 4.78. The molecule has 0 saturated carbocycles. The number of hydrogen-bond donors (Lipinski definition) is 2. The first-order valence-electron chi connectivity index (χ1n) is 8.27. The van der Waals surface area contributed by atoms with Gasteiger partial charge < -0.3 is 20.0 Å². The lowest BCUT2D eigenvalue weighted by molar-refractivity contribution is -0.113. The number of benzene rings is 2. The summed E-state index contributed by atoms with van der Waals surface area (Å²) in [6, 6.07) is 6.60. The van der Waals surface area contributed by atoms with Gasteiger partial charge in [-0.1, -0.05) is 30.3 Å². The summed E-state index contributed by atoms with van der Waals surface area (Å²) in [4.78, 5) is 28.0. The Kier molecular flexibility index (Phi) is 4.85. The predicted molar refractivity (Wildman–Crippen MR) is 103 cm³/mol. The summed E-state index contributed by atoms with van der Waals surface area (Å²) in [5.74, 6) is -1.24. The van der Waals surface area contributed by atoms with Gasteiger partial charge in [0, 0.05) is 37.5 Å². The standard InChI is InChI=1S/C20H19ClN2O4/c1-4-17(26)22(3)14-7-5-6-12-9-23(10-13(12)14)20(27)18-11(2)19(21)16(25)8-15(18)24/h4-8,24-25H,1,9-10H2,2-3H3. The molecule has 0 saturated heterocycles. The van der Waals surface area contributed by atoms with Crippen LogP contribution < -0.4 is 4.90 Å². The first-order chi connectivity index (χ1) is 12.8. The van der Waals surface area contributed by atoms with Gasteiger partial charge in [-0.3, -0.25) is 9.59 Å². The van der Waals surface area contributed by atoms with E-state index in [-0.39, 0.29) is 34.5 Å². The first-order valence-corrected chi connectivity index (χ1v) is 8.65. The number of fused-ring (bicyclic) bond motifs is 1. The third-order valence-corrected chi connectivity index (χ3v) is 5.26. The van der Waals surface area contributed by atoms with E-state index < -0.39 is 5.91 Å². The van der Waals surface area contributed by atoms with Gasteiger partial charge in [-0.15, -0.1) is 0 Å². The van der Waals surface area contributed by atoms with Crippen molar-refractivity contribution in [1.82, 2.24) is 4.90 Å². The van der Waals surface area contributed by atoms with E-state index in [2.05, 4.69) is 6.58 Å². The fraction of sp³-hybridized carbons (Fsp3) is 0.200. The number of carbonyl (C=O) groups excluding carboxylic acids is 2. The monoisotopic (exact) mass is 386 g/mol. The van der Waals surface area contributed by atoms with Crippen molar-refractivity contribution in [3.63, 3.8) is 0 Å². The Bertz CT molecular complexity index is 971. The van der Waals surface area contributed by atoms with Crippen LogP contribution in [0, 0.1) is 6.92 Å². The van der Waals surface area contributed by atoms with Gasteiger partial charge in [0.05, 0.1) is 10.6 Å². The molecule has 140 valence electrons. The van der Waals surface area contributed by atoms with E-state index in [1.165, 1.54) is 11.0 Å². The van der Waals surface area contributed by atoms with E-state index in [1.807, 2.05) is 18.2 Å². The number of carbonyl (C=O) groups is 2. The first kappa shape index (κ1) is 18.8. The average molecular weight is 387 g/mol. The fourth-order valence-electron chi connectivity index (χ4n) is 3.30. The molecular weight excluding hydrogens is 368 g/mol. The zero-order valence-corrected chi connectivity index (χ0v) is 15.7. The predicted octanol–water partition coefficient (Wildman–Crippen LogP) is 3.36. The summed E-state index contributed by atoms with van der Waals surface area (Å²) in [7, 11) is 1.65. The summed E-state index contributed by atoms with van der Waals surface area (Å²) >= 11 is 6.03. The fourth-order valence-corrected chi connectivity index (χ4v) is 3.45. The number of rotatable bonds is 3.